The van der Waals surface area contributed by atoms with Crippen molar-refractivity contribution >= 4 is 64.1 Å². The third-order valence-electron chi connectivity index (χ3n) is 3.07. The van der Waals surface area contributed by atoms with Crippen LogP contribution in [0.15, 0.2) is 58.3 Å². The quantitative estimate of drug-likeness (QED) is 0.683. The molecule has 3 rings (SSSR count). The zero-order valence-corrected chi connectivity index (χ0v) is 14.5. The Morgan fingerprint density at radius 2 is 1.52 bits per heavy atom. The van der Waals surface area contributed by atoms with E-state index in [2.05, 4.69) is 0 Å². The van der Waals surface area contributed by atoms with Gasteiger partial charge in [-0.15, -0.1) is 0 Å². The molecular formula is C16H8Cl3NO2S. The molecule has 2 amide bonds. The predicted octanol–water partition coefficient (Wildman–Crippen LogP) is 5.20. The molecule has 2 aromatic carbocycles. The molecule has 0 fully saturated rings. The van der Waals surface area contributed by atoms with Crippen LogP contribution in [-0.4, -0.2) is 11.8 Å². The maximum atomic E-state index is 12.6. The highest BCUT2D eigenvalue weighted by atomic mass is 35.5. The summed E-state index contributed by atoms with van der Waals surface area (Å²) in [5.74, 6) is -0.950. The van der Waals surface area contributed by atoms with Gasteiger partial charge in [0.1, 0.15) is 0 Å². The highest BCUT2D eigenvalue weighted by Crippen LogP contribution is 2.41. The minimum atomic E-state index is -0.487. The summed E-state index contributed by atoms with van der Waals surface area (Å²) in [6, 6.07) is 12.2. The lowest BCUT2D eigenvalue weighted by molar-refractivity contribution is -0.120. The van der Waals surface area contributed by atoms with E-state index < -0.39 is 11.8 Å². The van der Waals surface area contributed by atoms with Gasteiger partial charge in [-0.1, -0.05) is 64.8 Å². The third-order valence-corrected chi connectivity index (χ3v) is 4.88. The van der Waals surface area contributed by atoms with Gasteiger partial charge in [0.05, 0.1) is 20.6 Å². The van der Waals surface area contributed by atoms with Gasteiger partial charge in [0, 0.05) is 16.0 Å². The van der Waals surface area contributed by atoms with Crippen molar-refractivity contribution in [2.45, 2.75) is 4.90 Å². The molecule has 0 spiro atoms. The molecule has 0 bridgehead atoms. The molecular weight excluding hydrogens is 377 g/mol. The number of rotatable bonds is 3. The molecule has 0 atom stereocenters. The number of benzene rings is 2. The predicted molar refractivity (Wildman–Crippen MR) is 94.3 cm³/mol. The number of carbonyl (C=O) groups is 2. The number of nitrogens with zero attached hydrogens (tertiary/aromatic N) is 1. The monoisotopic (exact) mass is 383 g/mol. The van der Waals surface area contributed by atoms with Crippen LogP contribution in [0.2, 0.25) is 15.1 Å². The Kier molecular flexibility index (Phi) is 4.69. The van der Waals surface area contributed by atoms with Crippen molar-refractivity contribution in [3.63, 3.8) is 0 Å². The number of thioether (sulfide) groups is 1. The Morgan fingerprint density at radius 3 is 2.13 bits per heavy atom. The Morgan fingerprint density at radius 1 is 0.913 bits per heavy atom. The lowest BCUT2D eigenvalue weighted by Crippen LogP contribution is -2.31. The number of imide groups is 1. The number of hydrogen-bond donors (Lipinski definition) is 0. The Bertz CT molecular complexity index is 813. The van der Waals surface area contributed by atoms with Gasteiger partial charge in [-0.05, 0) is 24.3 Å². The molecule has 1 heterocycles. The molecule has 3 nitrogen and oxygen atoms in total. The molecule has 0 N–H and O–H groups in total. The lowest BCUT2D eigenvalue weighted by atomic mass is 10.3. The van der Waals surface area contributed by atoms with E-state index in [1.807, 2.05) is 30.3 Å². The Balaban J connectivity index is 1.93. The molecule has 0 saturated heterocycles. The summed E-state index contributed by atoms with van der Waals surface area (Å²) in [5, 5.41) is 0.613. The smallest absolute Gasteiger partial charge is 0.269 e. The standard InChI is InChI=1S/C16H8Cl3NO2S/c17-9-6-11(18)15(12(19)7-9)20-14(21)8-13(16(20)22)23-10-4-2-1-3-5-10/h1-8H. The summed E-state index contributed by atoms with van der Waals surface area (Å²) >= 11 is 19.3. The van der Waals surface area contributed by atoms with Crippen LogP contribution in [0.4, 0.5) is 5.69 Å². The number of carbonyl (C=O) groups excluding carboxylic acids is 2. The van der Waals surface area contributed by atoms with Crippen molar-refractivity contribution in [1.82, 2.24) is 0 Å². The van der Waals surface area contributed by atoms with Crippen LogP contribution in [0.25, 0.3) is 0 Å². The molecule has 0 aromatic heterocycles. The van der Waals surface area contributed by atoms with Crippen molar-refractivity contribution in [3.05, 3.63) is 68.5 Å². The summed E-state index contributed by atoms with van der Waals surface area (Å²) < 4.78 is 0. The van der Waals surface area contributed by atoms with E-state index in [1.54, 1.807) is 0 Å². The fourth-order valence-electron chi connectivity index (χ4n) is 2.10. The fourth-order valence-corrected chi connectivity index (χ4v) is 3.97. The highest BCUT2D eigenvalue weighted by Gasteiger charge is 2.35. The van der Waals surface area contributed by atoms with Gasteiger partial charge in [0.25, 0.3) is 11.8 Å². The largest absolute Gasteiger partial charge is 0.272 e. The Hall–Kier alpha value is -1.46. The van der Waals surface area contributed by atoms with Crippen molar-refractivity contribution in [2.75, 3.05) is 4.90 Å². The molecule has 116 valence electrons. The number of hydrogen-bond acceptors (Lipinski definition) is 3. The molecule has 0 aliphatic carbocycles. The van der Waals surface area contributed by atoms with E-state index in [9.17, 15) is 9.59 Å². The average molecular weight is 385 g/mol. The first-order chi connectivity index (χ1) is 11.0. The molecule has 2 aromatic rings. The zero-order valence-electron chi connectivity index (χ0n) is 11.4. The molecule has 0 radical (unpaired) electrons. The molecule has 7 heteroatoms. The van der Waals surface area contributed by atoms with Crippen LogP contribution in [0, 0.1) is 0 Å². The van der Waals surface area contributed by atoms with E-state index >= 15 is 0 Å². The van der Waals surface area contributed by atoms with Gasteiger partial charge in [0.15, 0.2) is 0 Å². The fraction of sp³-hybridized carbons (Fsp3) is 0. The molecule has 0 saturated carbocycles. The summed E-state index contributed by atoms with van der Waals surface area (Å²) in [6.45, 7) is 0. The first-order valence-electron chi connectivity index (χ1n) is 6.45. The first-order valence-corrected chi connectivity index (χ1v) is 8.40. The van der Waals surface area contributed by atoms with E-state index in [-0.39, 0.29) is 15.7 Å². The number of anilines is 1. The minimum absolute atomic E-state index is 0.142. The second kappa shape index (κ2) is 6.57. The van der Waals surface area contributed by atoms with Gasteiger partial charge in [0.2, 0.25) is 0 Å². The van der Waals surface area contributed by atoms with Gasteiger partial charge in [-0.3, -0.25) is 9.59 Å². The first kappa shape index (κ1) is 16.4. The van der Waals surface area contributed by atoms with Crippen LogP contribution in [0.3, 0.4) is 0 Å². The molecule has 1 aliphatic rings. The van der Waals surface area contributed by atoms with Crippen molar-refractivity contribution in [3.8, 4) is 0 Å². The van der Waals surface area contributed by atoms with Crippen LogP contribution in [-0.2, 0) is 9.59 Å². The van der Waals surface area contributed by atoms with Crippen LogP contribution in [0.5, 0.6) is 0 Å². The van der Waals surface area contributed by atoms with E-state index in [1.165, 1.54) is 30.0 Å². The van der Waals surface area contributed by atoms with Crippen LogP contribution < -0.4 is 4.90 Å². The van der Waals surface area contributed by atoms with E-state index in [0.717, 1.165) is 9.80 Å². The minimum Gasteiger partial charge on any atom is -0.269 e. The van der Waals surface area contributed by atoms with Crippen LogP contribution in [0.1, 0.15) is 0 Å². The topological polar surface area (TPSA) is 37.4 Å². The highest BCUT2D eigenvalue weighted by molar-refractivity contribution is 8.04. The van der Waals surface area contributed by atoms with E-state index in [4.69, 9.17) is 34.8 Å². The van der Waals surface area contributed by atoms with Crippen LogP contribution >= 0.6 is 46.6 Å². The summed E-state index contributed by atoms with van der Waals surface area (Å²) in [7, 11) is 0. The Labute approximate surface area is 151 Å². The summed E-state index contributed by atoms with van der Waals surface area (Å²) in [5.41, 5.74) is 0.146. The maximum Gasteiger partial charge on any atom is 0.272 e. The second-order valence-corrected chi connectivity index (χ2v) is 6.99. The molecule has 1 aliphatic heterocycles. The summed E-state index contributed by atoms with van der Waals surface area (Å²) in [6.07, 6.45) is 1.28. The SMILES string of the molecule is O=C1C=C(Sc2ccccc2)C(=O)N1c1c(Cl)cc(Cl)cc1Cl. The lowest BCUT2D eigenvalue weighted by Gasteiger charge is -2.18. The average Bonchev–Trinajstić information content (AvgIpc) is 2.75. The van der Waals surface area contributed by atoms with Crippen molar-refractivity contribution in [2.24, 2.45) is 0 Å². The van der Waals surface area contributed by atoms with Gasteiger partial charge < -0.3 is 0 Å². The van der Waals surface area contributed by atoms with Gasteiger partial charge in [-0.2, -0.15) is 0 Å². The number of amides is 2. The van der Waals surface area contributed by atoms with E-state index in [0.29, 0.717) is 9.93 Å². The third kappa shape index (κ3) is 3.26. The van der Waals surface area contributed by atoms with Gasteiger partial charge in [-0.25, -0.2) is 4.90 Å². The molecule has 23 heavy (non-hydrogen) atoms. The normalized spacial score (nSPS) is 14.4. The zero-order chi connectivity index (χ0) is 16.6. The summed E-state index contributed by atoms with van der Waals surface area (Å²) in [4.78, 5) is 26.9. The number of halogens is 3. The second-order valence-electron chi connectivity index (χ2n) is 4.62. The molecule has 0 unspecified atom stereocenters. The maximum absolute atomic E-state index is 12.6. The van der Waals surface area contributed by atoms with Crippen molar-refractivity contribution < 1.29 is 9.59 Å². The van der Waals surface area contributed by atoms with Crippen molar-refractivity contribution in [1.29, 1.82) is 0 Å². The van der Waals surface area contributed by atoms with Gasteiger partial charge >= 0.3 is 0 Å².